The highest BCUT2D eigenvalue weighted by molar-refractivity contribution is 5.96. The van der Waals surface area contributed by atoms with Crippen molar-refractivity contribution in [3.63, 3.8) is 0 Å². The van der Waals surface area contributed by atoms with Crippen LogP contribution < -0.4 is 15.4 Å². The van der Waals surface area contributed by atoms with Gasteiger partial charge in [-0.3, -0.25) is 9.59 Å². The minimum atomic E-state index is -0.374. The van der Waals surface area contributed by atoms with E-state index in [0.717, 1.165) is 24.2 Å². The molecular weight excluding hydrogens is 332 g/mol. The van der Waals surface area contributed by atoms with Gasteiger partial charge in [-0.15, -0.1) is 0 Å². The first-order valence-corrected chi connectivity index (χ1v) is 8.59. The summed E-state index contributed by atoms with van der Waals surface area (Å²) in [5.74, 6) is 0.436. The van der Waals surface area contributed by atoms with E-state index in [1.807, 2.05) is 24.3 Å². The van der Waals surface area contributed by atoms with Gasteiger partial charge >= 0.3 is 0 Å². The fourth-order valence-electron chi connectivity index (χ4n) is 2.78. The molecule has 0 aromatic heterocycles. The van der Waals surface area contributed by atoms with Gasteiger partial charge in [0.1, 0.15) is 11.9 Å². The van der Waals surface area contributed by atoms with Crippen LogP contribution in [0, 0.1) is 0 Å². The Labute approximate surface area is 152 Å². The molecule has 1 aliphatic rings. The molecule has 1 atom stereocenters. The molecule has 26 heavy (non-hydrogen) atoms. The third-order valence-electron chi connectivity index (χ3n) is 4.22. The molecule has 1 saturated heterocycles. The molecular formula is C20H22N2O4. The summed E-state index contributed by atoms with van der Waals surface area (Å²) >= 11 is 0. The average molecular weight is 354 g/mol. The predicted molar refractivity (Wildman–Crippen MR) is 98.2 cm³/mol. The number of rotatable bonds is 6. The van der Waals surface area contributed by atoms with Gasteiger partial charge in [0, 0.05) is 24.4 Å². The standard InChI is InChI=1S/C20H22N2O4/c1-25-17-5-2-4-14(12-17)13-21-19(23)15-7-9-16(10-8-15)22-20(24)18-6-3-11-26-18/h2,4-5,7-10,12,18H,3,6,11,13H2,1H3,(H,21,23)(H,22,24)/t18-/m1/s1. The summed E-state index contributed by atoms with van der Waals surface area (Å²) in [6, 6.07) is 14.3. The van der Waals surface area contributed by atoms with Crippen LogP contribution in [0.5, 0.6) is 5.75 Å². The van der Waals surface area contributed by atoms with Gasteiger partial charge in [0.25, 0.3) is 11.8 Å². The second kappa shape index (κ2) is 8.49. The van der Waals surface area contributed by atoms with Crippen molar-refractivity contribution in [2.24, 2.45) is 0 Å². The monoisotopic (exact) mass is 354 g/mol. The van der Waals surface area contributed by atoms with Crippen LogP contribution in [0.2, 0.25) is 0 Å². The second-order valence-corrected chi connectivity index (χ2v) is 6.10. The zero-order valence-electron chi connectivity index (χ0n) is 14.7. The van der Waals surface area contributed by atoms with Crippen LogP contribution in [0.25, 0.3) is 0 Å². The van der Waals surface area contributed by atoms with Crippen LogP contribution in [0.1, 0.15) is 28.8 Å². The maximum absolute atomic E-state index is 12.3. The number of methoxy groups -OCH3 is 1. The highest BCUT2D eigenvalue weighted by Gasteiger charge is 2.23. The molecule has 0 saturated carbocycles. The first-order chi connectivity index (χ1) is 12.7. The smallest absolute Gasteiger partial charge is 0.253 e. The van der Waals surface area contributed by atoms with Gasteiger partial charge in [-0.1, -0.05) is 12.1 Å². The van der Waals surface area contributed by atoms with Gasteiger partial charge < -0.3 is 20.1 Å². The summed E-state index contributed by atoms with van der Waals surface area (Å²) in [5.41, 5.74) is 2.14. The first-order valence-electron chi connectivity index (χ1n) is 8.59. The summed E-state index contributed by atoms with van der Waals surface area (Å²) in [5, 5.41) is 5.68. The van der Waals surface area contributed by atoms with Gasteiger partial charge in [-0.05, 0) is 54.8 Å². The zero-order chi connectivity index (χ0) is 18.4. The molecule has 3 rings (SSSR count). The fraction of sp³-hybridized carbons (Fsp3) is 0.300. The van der Waals surface area contributed by atoms with Crippen LogP contribution in [0.3, 0.4) is 0 Å². The van der Waals surface area contributed by atoms with Crippen LogP contribution in [-0.4, -0.2) is 31.6 Å². The lowest BCUT2D eigenvalue weighted by Crippen LogP contribution is -2.27. The SMILES string of the molecule is COc1cccc(CNC(=O)c2ccc(NC(=O)[C@H]3CCCO3)cc2)c1. The molecule has 6 heteroatoms. The normalized spacial score (nSPS) is 16.1. The molecule has 0 radical (unpaired) electrons. The number of benzene rings is 2. The Kier molecular flexibility index (Phi) is 5.86. The summed E-state index contributed by atoms with van der Waals surface area (Å²) < 4.78 is 10.5. The van der Waals surface area contributed by atoms with Gasteiger partial charge in [-0.25, -0.2) is 0 Å². The van der Waals surface area contributed by atoms with Gasteiger partial charge in [0.05, 0.1) is 7.11 Å². The Morgan fingerprint density at radius 3 is 2.69 bits per heavy atom. The molecule has 1 aliphatic heterocycles. The van der Waals surface area contributed by atoms with E-state index in [4.69, 9.17) is 9.47 Å². The Morgan fingerprint density at radius 2 is 2.00 bits per heavy atom. The van der Waals surface area contributed by atoms with E-state index in [0.29, 0.717) is 24.4 Å². The van der Waals surface area contributed by atoms with Crippen molar-refractivity contribution in [1.29, 1.82) is 0 Å². The Morgan fingerprint density at radius 1 is 1.19 bits per heavy atom. The van der Waals surface area contributed by atoms with Crippen molar-refractivity contribution in [2.75, 3.05) is 19.0 Å². The van der Waals surface area contributed by atoms with Crippen LogP contribution in [0.4, 0.5) is 5.69 Å². The summed E-state index contributed by atoms with van der Waals surface area (Å²) in [6.07, 6.45) is 1.28. The maximum Gasteiger partial charge on any atom is 0.253 e. The Bertz CT molecular complexity index is 768. The molecule has 6 nitrogen and oxygen atoms in total. The van der Waals surface area contributed by atoms with Crippen molar-refractivity contribution in [3.05, 3.63) is 59.7 Å². The quantitative estimate of drug-likeness (QED) is 0.836. The van der Waals surface area contributed by atoms with E-state index in [2.05, 4.69) is 10.6 Å². The molecule has 0 unspecified atom stereocenters. The van der Waals surface area contributed by atoms with E-state index >= 15 is 0 Å². The highest BCUT2D eigenvalue weighted by atomic mass is 16.5. The van der Waals surface area contributed by atoms with Gasteiger partial charge in [0.15, 0.2) is 0 Å². The minimum Gasteiger partial charge on any atom is -0.497 e. The van der Waals surface area contributed by atoms with E-state index < -0.39 is 0 Å². The molecule has 2 aromatic rings. The van der Waals surface area contributed by atoms with Crippen LogP contribution in [-0.2, 0) is 16.1 Å². The average Bonchev–Trinajstić information content (AvgIpc) is 3.22. The molecule has 0 spiro atoms. The summed E-state index contributed by atoms with van der Waals surface area (Å²) in [4.78, 5) is 24.3. The summed E-state index contributed by atoms with van der Waals surface area (Å²) in [6.45, 7) is 1.04. The third kappa shape index (κ3) is 4.61. The van der Waals surface area contributed by atoms with Crippen molar-refractivity contribution in [3.8, 4) is 5.75 Å². The molecule has 2 aromatic carbocycles. The van der Waals surface area contributed by atoms with Crippen LogP contribution in [0.15, 0.2) is 48.5 Å². The minimum absolute atomic E-state index is 0.141. The number of carbonyl (C=O) groups is 2. The number of nitrogens with one attached hydrogen (secondary N) is 2. The van der Waals surface area contributed by atoms with Crippen molar-refractivity contribution < 1.29 is 19.1 Å². The molecule has 136 valence electrons. The highest BCUT2D eigenvalue weighted by Crippen LogP contribution is 2.16. The second-order valence-electron chi connectivity index (χ2n) is 6.10. The molecule has 2 amide bonds. The lowest BCUT2D eigenvalue weighted by molar-refractivity contribution is -0.124. The van der Waals surface area contributed by atoms with Crippen molar-refractivity contribution >= 4 is 17.5 Å². The lowest BCUT2D eigenvalue weighted by atomic mass is 10.1. The molecule has 0 aliphatic carbocycles. The van der Waals surface area contributed by atoms with E-state index in [1.165, 1.54) is 0 Å². The fourth-order valence-corrected chi connectivity index (χ4v) is 2.78. The van der Waals surface area contributed by atoms with E-state index in [1.54, 1.807) is 31.4 Å². The number of amides is 2. The zero-order valence-corrected chi connectivity index (χ0v) is 14.7. The van der Waals surface area contributed by atoms with Crippen molar-refractivity contribution in [1.82, 2.24) is 5.32 Å². The third-order valence-corrected chi connectivity index (χ3v) is 4.22. The Hall–Kier alpha value is -2.86. The van der Waals surface area contributed by atoms with Gasteiger partial charge in [0.2, 0.25) is 0 Å². The summed E-state index contributed by atoms with van der Waals surface area (Å²) in [7, 11) is 1.61. The van der Waals surface area contributed by atoms with Crippen LogP contribution >= 0.6 is 0 Å². The number of ether oxygens (including phenoxy) is 2. The van der Waals surface area contributed by atoms with E-state index in [-0.39, 0.29) is 17.9 Å². The molecule has 0 bridgehead atoms. The largest absolute Gasteiger partial charge is 0.497 e. The number of carbonyl (C=O) groups excluding carboxylic acids is 2. The topological polar surface area (TPSA) is 76.7 Å². The van der Waals surface area contributed by atoms with Crippen molar-refractivity contribution in [2.45, 2.75) is 25.5 Å². The first kappa shape index (κ1) is 17.9. The number of hydrogen-bond acceptors (Lipinski definition) is 4. The predicted octanol–water partition coefficient (Wildman–Crippen LogP) is 2.74. The molecule has 1 heterocycles. The molecule has 2 N–H and O–H groups in total. The maximum atomic E-state index is 12.3. The molecule has 1 fully saturated rings. The Balaban J connectivity index is 1.53. The van der Waals surface area contributed by atoms with Gasteiger partial charge in [-0.2, -0.15) is 0 Å². The number of hydrogen-bond donors (Lipinski definition) is 2. The number of anilines is 1. The van der Waals surface area contributed by atoms with E-state index in [9.17, 15) is 9.59 Å². The lowest BCUT2D eigenvalue weighted by Gasteiger charge is -2.11.